The number of anilines is 2. The van der Waals surface area contributed by atoms with Crippen molar-refractivity contribution >= 4 is 28.1 Å². The van der Waals surface area contributed by atoms with Gasteiger partial charge in [0, 0.05) is 5.69 Å². The number of rotatable bonds is 4. The molecule has 1 aromatic heterocycles. The van der Waals surface area contributed by atoms with Gasteiger partial charge in [0.15, 0.2) is 10.8 Å². The van der Waals surface area contributed by atoms with Gasteiger partial charge in [0.1, 0.15) is 0 Å². The normalized spacial score (nSPS) is 11.3. The number of alkyl halides is 3. The molecule has 3 aromatic rings. The van der Waals surface area contributed by atoms with E-state index in [0.29, 0.717) is 11.3 Å². The molecule has 0 amide bonds. The summed E-state index contributed by atoms with van der Waals surface area (Å²) in [5, 5.41) is 11.7. The molecule has 128 valence electrons. The second-order valence-electron chi connectivity index (χ2n) is 5.07. The third kappa shape index (κ3) is 3.80. The topological polar surface area (TPSA) is 62.2 Å². The number of carboxylic acids is 1. The lowest BCUT2D eigenvalue weighted by Gasteiger charge is -2.05. The van der Waals surface area contributed by atoms with Crippen LogP contribution in [0.15, 0.2) is 54.6 Å². The summed E-state index contributed by atoms with van der Waals surface area (Å²) in [6, 6.07) is 13.9. The SMILES string of the molecule is O=C(O)c1ccc(Nc2nc(C(F)(F)F)c(-c3ccccc3)s2)cc1. The van der Waals surface area contributed by atoms with E-state index in [1.165, 1.54) is 24.3 Å². The predicted molar refractivity (Wildman–Crippen MR) is 89.2 cm³/mol. The van der Waals surface area contributed by atoms with Gasteiger partial charge in [0.25, 0.3) is 0 Å². The fourth-order valence-electron chi connectivity index (χ4n) is 2.17. The lowest BCUT2D eigenvalue weighted by molar-refractivity contribution is -0.140. The predicted octanol–water partition coefficient (Wildman–Crippen LogP) is 5.27. The third-order valence-corrected chi connectivity index (χ3v) is 4.33. The Balaban J connectivity index is 1.95. The number of carboxylic acid groups (broad SMARTS) is 1. The molecule has 2 aromatic carbocycles. The number of aromatic carboxylic acids is 1. The number of aromatic nitrogens is 1. The molecule has 8 heteroatoms. The minimum Gasteiger partial charge on any atom is -0.478 e. The van der Waals surface area contributed by atoms with Crippen LogP contribution in [0, 0.1) is 0 Å². The van der Waals surface area contributed by atoms with Gasteiger partial charge in [-0.2, -0.15) is 13.2 Å². The Morgan fingerprint density at radius 2 is 1.68 bits per heavy atom. The van der Waals surface area contributed by atoms with E-state index in [1.54, 1.807) is 30.3 Å². The lowest BCUT2D eigenvalue weighted by atomic mass is 10.1. The van der Waals surface area contributed by atoms with Crippen molar-refractivity contribution in [1.82, 2.24) is 4.98 Å². The largest absolute Gasteiger partial charge is 0.478 e. The lowest BCUT2D eigenvalue weighted by Crippen LogP contribution is -2.07. The monoisotopic (exact) mass is 364 g/mol. The molecule has 0 fully saturated rings. The average molecular weight is 364 g/mol. The Labute approximate surface area is 144 Å². The van der Waals surface area contributed by atoms with Gasteiger partial charge in [-0.3, -0.25) is 0 Å². The summed E-state index contributed by atoms with van der Waals surface area (Å²) in [5.41, 5.74) is 0.0210. The molecule has 0 aliphatic rings. The first-order chi connectivity index (χ1) is 11.8. The maximum atomic E-state index is 13.3. The molecule has 4 nitrogen and oxygen atoms in total. The van der Waals surface area contributed by atoms with Crippen LogP contribution < -0.4 is 5.32 Å². The van der Waals surface area contributed by atoms with Crippen LogP contribution >= 0.6 is 11.3 Å². The van der Waals surface area contributed by atoms with Crippen molar-refractivity contribution in [2.75, 3.05) is 5.32 Å². The van der Waals surface area contributed by atoms with Gasteiger partial charge in [-0.15, -0.1) is 0 Å². The number of carbonyl (C=O) groups is 1. The van der Waals surface area contributed by atoms with E-state index in [9.17, 15) is 18.0 Å². The van der Waals surface area contributed by atoms with E-state index in [-0.39, 0.29) is 15.6 Å². The smallest absolute Gasteiger partial charge is 0.434 e. The molecule has 0 atom stereocenters. The Morgan fingerprint density at radius 3 is 2.24 bits per heavy atom. The van der Waals surface area contributed by atoms with E-state index in [2.05, 4.69) is 10.3 Å². The van der Waals surface area contributed by atoms with Crippen molar-refractivity contribution in [3.8, 4) is 10.4 Å². The number of halogens is 3. The minimum atomic E-state index is -4.57. The van der Waals surface area contributed by atoms with Crippen LogP contribution in [-0.2, 0) is 6.18 Å². The second-order valence-corrected chi connectivity index (χ2v) is 6.07. The number of benzene rings is 2. The van der Waals surface area contributed by atoms with Gasteiger partial charge in [-0.25, -0.2) is 9.78 Å². The van der Waals surface area contributed by atoms with Gasteiger partial charge in [-0.05, 0) is 29.8 Å². The zero-order valence-corrected chi connectivity index (χ0v) is 13.4. The van der Waals surface area contributed by atoms with Crippen LogP contribution in [0.5, 0.6) is 0 Å². The molecule has 0 aliphatic heterocycles. The van der Waals surface area contributed by atoms with Crippen LogP contribution in [0.3, 0.4) is 0 Å². The van der Waals surface area contributed by atoms with Crippen molar-refractivity contribution in [2.24, 2.45) is 0 Å². The number of nitrogens with zero attached hydrogens (tertiary/aromatic N) is 1. The first-order valence-electron chi connectivity index (χ1n) is 7.08. The summed E-state index contributed by atoms with van der Waals surface area (Å²) in [5.74, 6) is -1.08. The molecule has 2 N–H and O–H groups in total. The van der Waals surface area contributed by atoms with Gasteiger partial charge in [0.2, 0.25) is 0 Å². The zero-order chi connectivity index (χ0) is 18.0. The molecule has 1 heterocycles. The first-order valence-corrected chi connectivity index (χ1v) is 7.90. The van der Waals surface area contributed by atoms with Crippen LogP contribution in [0.25, 0.3) is 10.4 Å². The van der Waals surface area contributed by atoms with Crippen LogP contribution in [0.2, 0.25) is 0 Å². The average Bonchev–Trinajstić information content (AvgIpc) is 3.00. The standard InChI is InChI=1S/C17H11F3N2O2S/c18-17(19,20)14-13(10-4-2-1-3-5-10)25-16(22-14)21-12-8-6-11(7-9-12)15(23)24/h1-9H,(H,21,22)(H,23,24). The molecule has 0 unspecified atom stereocenters. The highest BCUT2D eigenvalue weighted by Crippen LogP contribution is 2.42. The van der Waals surface area contributed by atoms with Crippen molar-refractivity contribution in [2.45, 2.75) is 6.18 Å². The Morgan fingerprint density at radius 1 is 1.04 bits per heavy atom. The number of thiazole rings is 1. The van der Waals surface area contributed by atoms with Crippen molar-refractivity contribution in [3.63, 3.8) is 0 Å². The molecule has 0 radical (unpaired) electrons. The van der Waals surface area contributed by atoms with Crippen LogP contribution in [0.1, 0.15) is 16.1 Å². The number of hydrogen-bond donors (Lipinski definition) is 2. The summed E-state index contributed by atoms with van der Waals surface area (Å²) in [6.07, 6.45) is -4.57. The zero-order valence-electron chi connectivity index (χ0n) is 12.5. The van der Waals surface area contributed by atoms with E-state index in [0.717, 1.165) is 11.3 Å². The van der Waals surface area contributed by atoms with Crippen LogP contribution in [0.4, 0.5) is 24.0 Å². The minimum absolute atomic E-state index is 0.0257. The van der Waals surface area contributed by atoms with E-state index in [4.69, 9.17) is 5.11 Å². The Kier molecular flexibility index (Phi) is 4.45. The summed E-state index contributed by atoms with van der Waals surface area (Å²) < 4.78 is 39.8. The molecule has 0 saturated carbocycles. The summed E-state index contributed by atoms with van der Waals surface area (Å²) in [6.45, 7) is 0. The summed E-state index contributed by atoms with van der Waals surface area (Å²) >= 11 is 0.886. The van der Waals surface area contributed by atoms with E-state index < -0.39 is 17.8 Å². The molecular weight excluding hydrogens is 353 g/mol. The van der Waals surface area contributed by atoms with Crippen LogP contribution in [-0.4, -0.2) is 16.1 Å². The highest BCUT2D eigenvalue weighted by molar-refractivity contribution is 7.19. The third-order valence-electron chi connectivity index (χ3n) is 3.31. The maximum Gasteiger partial charge on any atom is 0.434 e. The van der Waals surface area contributed by atoms with Gasteiger partial charge < -0.3 is 10.4 Å². The van der Waals surface area contributed by atoms with Crippen molar-refractivity contribution in [1.29, 1.82) is 0 Å². The highest BCUT2D eigenvalue weighted by atomic mass is 32.1. The molecular formula is C17H11F3N2O2S. The Bertz CT molecular complexity index is 891. The van der Waals surface area contributed by atoms with Gasteiger partial charge in [-0.1, -0.05) is 41.7 Å². The quantitative estimate of drug-likeness (QED) is 0.662. The fraction of sp³-hybridized carbons (Fsp3) is 0.0588. The maximum absolute atomic E-state index is 13.3. The summed E-state index contributed by atoms with van der Waals surface area (Å²) in [7, 11) is 0. The van der Waals surface area contributed by atoms with E-state index in [1.807, 2.05) is 0 Å². The molecule has 0 aliphatic carbocycles. The van der Waals surface area contributed by atoms with Crippen molar-refractivity contribution in [3.05, 3.63) is 65.9 Å². The molecule has 25 heavy (non-hydrogen) atoms. The molecule has 0 spiro atoms. The Hall–Kier alpha value is -2.87. The van der Waals surface area contributed by atoms with Gasteiger partial charge in [0.05, 0.1) is 10.4 Å². The number of nitrogens with one attached hydrogen (secondary N) is 1. The first kappa shape index (κ1) is 17.0. The van der Waals surface area contributed by atoms with Crippen molar-refractivity contribution < 1.29 is 23.1 Å². The fourth-order valence-corrected chi connectivity index (χ4v) is 3.18. The molecule has 0 saturated heterocycles. The molecule has 3 rings (SSSR count). The second kappa shape index (κ2) is 6.56. The highest BCUT2D eigenvalue weighted by Gasteiger charge is 2.38. The van der Waals surface area contributed by atoms with E-state index >= 15 is 0 Å². The number of hydrogen-bond acceptors (Lipinski definition) is 4. The van der Waals surface area contributed by atoms with Gasteiger partial charge >= 0.3 is 12.1 Å². The molecule has 0 bridgehead atoms. The summed E-state index contributed by atoms with van der Waals surface area (Å²) in [4.78, 5) is 14.5.